The molecule has 4 unspecified atom stereocenters. The van der Waals surface area contributed by atoms with Crippen LogP contribution in [0, 0.1) is 34.5 Å². The van der Waals surface area contributed by atoms with Gasteiger partial charge in [0.05, 0.1) is 0 Å². The van der Waals surface area contributed by atoms with Crippen molar-refractivity contribution in [1.29, 1.82) is 0 Å². The third kappa shape index (κ3) is 11.7. The lowest BCUT2D eigenvalue weighted by atomic mass is 9.62. The average Bonchev–Trinajstić information content (AvgIpc) is 2.88. The number of hydrogen-bond acceptors (Lipinski definition) is 0. The van der Waals surface area contributed by atoms with Crippen LogP contribution in [0.5, 0.6) is 0 Å². The van der Waals surface area contributed by atoms with Gasteiger partial charge in [0, 0.05) is 0 Å². The molecule has 41 heavy (non-hydrogen) atoms. The second-order valence-corrected chi connectivity index (χ2v) is 14.3. The van der Waals surface area contributed by atoms with E-state index in [1.165, 1.54) is 53.5 Å². The minimum absolute atomic E-state index is 0.333. The van der Waals surface area contributed by atoms with Gasteiger partial charge in [0.15, 0.2) is 0 Å². The van der Waals surface area contributed by atoms with Crippen LogP contribution in [0.15, 0.2) is 120 Å². The zero-order valence-corrected chi connectivity index (χ0v) is 28.1. The molecule has 0 amide bonds. The van der Waals surface area contributed by atoms with E-state index in [4.69, 9.17) is 0 Å². The Balaban J connectivity index is 1.87. The Morgan fingerprint density at radius 3 is 1.59 bits per heavy atom. The first-order valence-corrected chi connectivity index (χ1v) is 16.0. The molecule has 0 aromatic heterocycles. The normalized spacial score (nSPS) is 28.8. The topological polar surface area (TPSA) is 0 Å². The SMILES string of the molecule is C=C1CCC(C)(C)C(/C=C/C(C)=C/C=C/C(C)=C/C=C/C=C(C)/C=C/C=C(C)/C=C/C2C(C)CCCC2(C)C)C1C. The molecule has 0 heterocycles. The molecule has 0 nitrogen and oxygen atoms in total. The van der Waals surface area contributed by atoms with E-state index < -0.39 is 0 Å². The van der Waals surface area contributed by atoms with Gasteiger partial charge in [-0.3, -0.25) is 0 Å². The molecule has 0 aliphatic heterocycles. The molecule has 0 aromatic carbocycles. The molecule has 2 fully saturated rings. The quantitative estimate of drug-likeness (QED) is 0.187. The summed E-state index contributed by atoms with van der Waals surface area (Å²) >= 11 is 0. The van der Waals surface area contributed by atoms with E-state index in [0.29, 0.717) is 28.6 Å². The Kier molecular flexibility index (Phi) is 13.6. The minimum Gasteiger partial charge on any atom is -0.0996 e. The Bertz CT molecular complexity index is 1140. The second kappa shape index (κ2) is 16.1. The lowest BCUT2D eigenvalue weighted by Gasteiger charge is -2.42. The van der Waals surface area contributed by atoms with Gasteiger partial charge in [0.25, 0.3) is 0 Å². The van der Waals surface area contributed by atoms with Gasteiger partial charge < -0.3 is 0 Å². The first-order chi connectivity index (χ1) is 19.2. The summed E-state index contributed by atoms with van der Waals surface area (Å²) in [5.74, 6) is 2.54. The average molecular weight is 553 g/mol. The van der Waals surface area contributed by atoms with E-state index in [9.17, 15) is 0 Å². The van der Waals surface area contributed by atoms with E-state index in [2.05, 4.69) is 161 Å². The number of hydrogen-bond donors (Lipinski definition) is 0. The van der Waals surface area contributed by atoms with Crippen LogP contribution in [-0.4, -0.2) is 0 Å². The lowest BCUT2D eigenvalue weighted by Crippen LogP contribution is -2.33. The van der Waals surface area contributed by atoms with Crippen molar-refractivity contribution in [2.75, 3.05) is 0 Å². The molecule has 0 N–H and O–H groups in total. The minimum atomic E-state index is 0.333. The summed E-state index contributed by atoms with van der Waals surface area (Å²) in [5.41, 5.74) is 7.20. The Hall–Kier alpha value is -2.60. The van der Waals surface area contributed by atoms with Gasteiger partial charge in [0.1, 0.15) is 0 Å². The largest absolute Gasteiger partial charge is 0.0996 e. The van der Waals surface area contributed by atoms with Crippen LogP contribution in [0.4, 0.5) is 0 Å². The molecular weight excluding hydrogens is 492 g/mol. The summed E-state index contributed by atoms with van der Waals surface area (Å²) in [4.78, 5) is 0. The fourth-order valence-electron chi connectivity index (χ4n) is 6.53. The van der Waals surface area contributed by atoms with Crippen LogP contribution in [0.1, 0.15) is 101 Å². The van der Waals surface area contributed by atoms with Crippen LogP contribution < -0.4 is 0 Å². The highest BCUT2D eigenvalue weighted by Crippen LogP contribution is 2.47. The smallest absolute Gasteiger partial charge is 0.0116 e. The van der Waals surface area contributed by atoms with Gasteiger partial charge >= 0.3 is 0 Å². The third-order valence-corrected chi connectivity index (χ3v) is 9.57. The molecule has 0 aromatic rings. The fraction of sp³-hybridized carbons (Fsp3) is 0.512. The molecule has 2 saturated carbocycles. The van der Waals surface area contributed by atoms with Crippen molar-refractivity contribution in [3.63, 3.8) is 0 Å². The van der Waals surface area contributed by atoms with E-state index in [1.807, 2.05) is 0 Å². The highest BCUT2D eigenvalue weighted by atomic mass is 14.4. The fourth-order valence-corrected chi connectivity index (χ4v) is 6.53. The zero-order chi connectivity index (χ0) is 30.6. The van der Waals surface area contributed by atoms with Crippen molar-refractivity contribution in [3.8, 4) is 0 Å². The van der Waals surface area contributed by atoms with Gasteiger partial charge in [-0.25, -0.2) is 0 Å². The van der Waals surface area contributed by atoms with Gasteiger partial charge in [0.2, 0.25) is 0 Å². The molecule has 2 aliphatic rings. The number of allylic oxidation sites excluding steroid dienone is 19. The first-order valence-electron chi connectivity index (χ1n) is 16.0. The summed E-state index contributed by atoms with van der Waals surface area (Å²) in [6, 6.07) is 0. The van der Waals surface area contributed by atoms with Crippen LogP contribution in [0.3, 0.4) is 0 Å². The van der Waals surface area contributed by atoms with Crippen LogP contribution in [-0.2, 0) is 0 Å². The van der Waals surface area contributed by atoms with Gasteiger partial charge in [-0.2, -0.15) is 0 Å². The monoisotopic (exact) mass is 552 g/mol. The predicted molar refractivity (Wildman–Crippen MR) is 186 cm³/mol. The van der Waals surface area contributed by atoms with Crippen LogP contribution in [0.25, 0.3) is 0 Å². The van der Waals surface area contributed by atoms with Crippen LogP contribution >= 0.6 is 0 Å². The van der Waals surface area contributed by atoms with Gasteiger partial charge in [-0.05, 0) is 81.5 Å². The molecule has 224 valence electrons. The molecule has 0 spiro atoms. The van der Waals surface area contributed by atoms with E-state index in [1.54, 1.807) is 0 Å². The lowest BCUT2D eigenvalue weighted by molar-refractivity contribution is 0.123. The highest BCUT2D eigenvalue weighted by Gasteiger charge is 2.37. The summed E-state index contributed by atoms with van der Waals surface area (Å²) < 4.78 is 0. The zero-order valence-electron chi connectivity index (χ0n) is 28.1. The Morgan fingerprint density at radius 2 is 1.07 bits per heavy atom. The van der Waals surface area contributed by atoms with E-state index >= 15 is 0 Å². The first kappa shape index (κ1) is 34.6. The molecule has 2 rings (SSSR count). The van der Waals surface area contributed by atoms with Gasteiger partial charge in [-0.1, -0.05) is 174 Å². The standard InChI is InChI=1S/C41H60/c1-31(19-14-21-33(3)24-26-38-36(6)23-16-29-40(38,8)9)17-12-13-18-32(2)20-15-22-34(4)25-27-39-37(7)35(5)28-30-41(39,10)11/h12-15,17-22,24-27,36-39H,5,16,23,28-30H2,1-4,6-11H3/b13-12+,19-14+,20-15+,26-24+,27-25+,31-17+,32-18+,33-21+,34-22+. The van der Waals surface area contributed by atoms with Crippen molar-refractivity contribution in [1.82, 2.24) is 0 Å². The Labute approximate surface area is 254 Å². The summed E-state index contributed by atoms with van der Waals surface area (Å²) in [6.07, 6.45) is 37.5. The Morgan fingerprint density at radius 1 is 0.634 bits per heavy atom. The molecule has 0 saturated heterocycles. The maximum atomic E-state index is 4.31. The van der Waals surface area contributed by atoms with Crippen molar-refractivity contribution >= 4 is 0 Å². The number of rotatable bonds is 10. The van der Waals surface area contributed by atoms with Crippen molar-refractivity contribution < 1.29 is 0 Å². The second-order valence-electron chi connectivity index (χ2n) is 14.3. The van der Waals surface area contributed by atoms with Crippen molar-refractivity contribution in [3.05, 3.63) is 120 Å². The van der Waals surface area contributed by atoms with Crippen LogP contribution in [0.2, 0.25) is 0 Å². The molecule has 0 radical (unpaired) electrons. The third-order valence-electron chi connectivity index (χ3n) is 9.57. The summed E-state index contributed by atoms with van der Waals surface area (Å²) in [5, 5.41) is 0. The predicted octanol–water partition coefficient (Wildman–Crippen LogP) is 12.6. The van der Waals surface area contributed by atoms with Gasteiger partial charge in [-0.15, -0.1) is 0 Å². The maximum Gasteiger partial charge on any atom is -0.0116 e. The van der Waals surface area contributed by atoms with E-state index in [-0.39, 0.29) is 0 Å². The molecule has 2 aliphatic carbocycles. The molecule has 0 heteroatoms. The summed E-state index contributed by atoms with van der Waals surface area (Å²) in [7, 11) is 0. The molecule has 4 atom stereocenters. The molecular formula is C41H60. The van der Waals surface area contributed by atoms with E-state index in [0.717, 1.165) is 12.3 Å². The molecule has 0 bridgehead atoms. The van der Waals surface area contributed by atoms with Crippen molar-refractivity contribution in [2.45, 2.75) is 101 Å². The highest BCUT2D eigenvalue weighted by molar-refractivity contribution is 5.32. The van der Waals surface area contributed by atoms with Crippen molar-refractivity contribution in [2.24, 2.45) is 34.5 Å². The summed E-state index contributed by atoms with van der Waals surface area (Å²) in [6.45, 7) is 27.4. The maximum absolute atomic E-state index is 4.31.